The predicted octanol–water partition coefficient (Wildman–Crippen LogP) is 2.53. The summed E-state index contributed by atoms with van der Waals surface area (Å²) in [6.07, 6.45) is 8.29. The molecule has 0 unspecified atom stereocenters. The van der Waals surface area contributed by atoms with Crippen LogP contribution in [-0.2, 0) is 9.47 Å². The van der Waals surface area contributed by atoms with Gasteiger partial charge in [-0.1, -0.05) is 32.6 Å². The molecule has 0 bridgehead atoms. The summed E-state index contributed by atoms with van der Waals surface area (Å²) in [4.78, 5) is 2.54. The SMILES string of the molecule is CCNCC1(CN(CCOC)CCOC)CCCCCC1. The standard InChI is InChI=1S/C17H36N2O2/c1-4-18-15-17(9-7-5-6-8-10-17)16-19(11-13-20-2)12-14-21-3/h18H,4-16H2,1-3H3. The fraction of sp³-hybridized carbons (Fsp3) is 1.00. The van der Waals surface area contributed by atoms with Gasteiger partial charge in [0.2, 0.25) is 0 Å². The van der Waals surface area contributed by atoms with Crippen molar-refractivity contribution in [1.29, 1.82) is 0 Å². The molecule has 0 saturated heterocycles. The summed E-state index contributed by atoms with van der Waals surface area (Å²) in [7, 11) is 3.57. The fourth-order valence-electron chi connectivity index (χ4n) is 3.44. The van der Waals surface area contributed by atoms with E-state index < -0.39 is 0 Å². The summed E-state index contributed by atoms with van der Waals surface area (Å²) in [5, 5.41) is 3.61. The molecule has 126 valence electrons. The quantitative estimate of drug-likeness (QED) is 0.595. The van der Waals surface area contributed by atoms with Crippen LogP contribution in [0.4, 0.5) is 0 Å². The maximum absolute atomic E-state index is 5.28. The Kier molecular flexibility index (Phi) is 10.3. The number of ether oxygens (including phenoxy) is 2. The second-order valence-electron chi connectivity index (χ2n) is 6.46. The van der Waals surface area contributed by atoms with Crippen molar-refractivity contribution in [3.05, 3.63) is 0 Å². The fourth-order valence-corrected chi connectivity index (χ4v) is 3.44. The summed E-state index contributed by atoms with van der Waals surface area (Å²) in [5.74, 6) is 0. The van der Waals surface area contributed by atoms with Crippen LogP contribution in [0.2, 0.25) is 0 Å². The second kappa shape index (κ2) is 11.4. The van der Waals surface area contributed by atoms with Crippen molar-refractivity contribution in [3.63, 3.8) is 0 Å². The third-order valence-electron chi connectivity index (χ3n) is 4.70. The first-order chi connectivity index (χ1) is 10.3. The van der Waals surface area contributed by atoms with Gasteiger partial charge in [-0.05, 0) is 24.8 Å². The topological polar surface area (TPSA) is 33.7 Å². The van der Waals surface area contributed by atoms with Crippen LogP contribution >= 0.6 is 0 Å². The molecule has 0 aromatic carbocycles. The van der Waals surface area contributed by atoms with Crippen LogP contribution in [-0.4, -0.2) is 65.1 Å². The van der Waals surface area contributed by atoms with Crippen LogP contribution in [0.5, 0.6) is 0 Å². The lowest BCUT2D eigenvalue weighted by Gasteiger charge is -2.38. The van der Waals surface area contributed by atoms with Gasteiger partial charge in [0, 0.05) is 40.4 Å². The molecule has 0 heterocycles. The zero-order valence-corrected chi connectivity index (χ0v) is 14.5. The lowest BCUT2D eigenvalue weighted by molar-refractivity contribution is 0.0712. The Labute approximate surface area is 131 Å². The Morgan fingerprint density at radius 2 is 1.52 bits per heavy atom. The van der Waals surface area contributed by atoms with Crippen LogP contribution in [0.1, 0.15) is 45.4 Å². The number of hydrogen-bond acceptors (Lipinski definition) is 4. The minimum atomic E-state index is 0.438. The Morgan fingerprint density at radius 1 is 0.952 bits per heavy atom. The van der Waals surface area contributed by atoms with Crippen molar-refractivity contribution in [3.8, 4) is 0 Å². The van der Waals surface area contributed by atoms with E-state index in [1.807, 2.05) is 0 Å². The van der Waals surface area contributed by atoms with Gasteiger partial charge in [0.05, 0.1) is 13.2 Å². The van der Waals surface area contributed by atoms with Crippen molar-refractivity contribution in [2.24, 2.45) is 5.41 Å². The summed E-state index contributed by atoms with van der Waals surface area (Å²) in [6.45, 7) is 9.23. The van der Waals surface area contributed by atoms with Gasteiger partial charge in [-0.3, -0.25) is 4.90 Å². The first-order valence-electron chi connectivity index (χ1n) is 8.67. The number of rotatable bonds is 11. The lowest BCUT2D eigenvalue weighted by Crippen LogP contribution is -2.46. The van der Waals surface area contributed by atoms with Crippen molar-refractivity contribution in [2.75, 3.05) is 60.2 Å². The van der Waals surface area contributed by atoms with Gasteiger partial charge in [-0.2, -0.15) is 0 Å². The van der Waals surface area contributed by atoms with Crippen LogP contribution in [0.15, 0.2) is 0 Å². The zero-order chi connectivity index (χ0) is 15.4. The van der Waals surface area contributed by atoms with Crippen molar-refractivity contribution < 1.29 is 9.47 Å². The molecule has 1 rings (SSSR count). The van der Waals surface area contributed by atoms with Gasteiger partial charge >= 0.3 is 0 Å². The molecule has 21 heavy (non-hydrogen) atoms. The van der Waals surface area contributed by atoms with E-state index in [0.29, 0.717) is 5.41 Å². The molecule has 0 spiro atoms. The number of nitrogens with one attached hydrogen (secondary N) is 1. The summed E-state index contributed by atoms with van der Waals surface area (Å²) >= 11 is 0. The number of methoxy groups -OCH3 is 2. The van der Waals surface area contributed by atoms with Crippen LogP contribution < -0.4 is 5.32 Å². The van der Waals surface area contributed by atoms with E-state index >= 15 is 0 Å². The molecule has 1 N–H and O–H groups in total. The summed E-state index contributed by atoms with van der Waals surface area (Å²) in [5.41, 5.74) is 0.438. The summed E-state index contributed by atoms with van der Waals surface area (Å²) in [6, 6.07) is 0. The predicted molar refractivity (Wildman–Crippen MR) is 88.9 cm³/mol. The van der Waals surface area contributed by atoms with E-state index in [1.54, 1.807) is 14.2 Å². The smallest absolute Gasteiger partial charge is 0.0589 e. The largest absolute Gasteiger partial charge is 0.383 e. The molecule has 0 aliphatic heterocycles. The Hall–Kier alpha value is -0.160. The van der Waals surface area contributed by atoms with Crippen LogP contribution in [0.3, 0.4) is 0 Å². The average molecular weight is 300 g/mol. The Balaban J connectivity index is 2.64. The monoisotopic (exact) mass is 300 g/mol. The third-order valence-corrected chi connectivity index (χ3v) is 4.70. The van der Waals surface area contributed by atoms with E-state index in [2.05, 4.69) is 17.1 Å². The Morgan fingerprint density at radius 3 is 2.00 bits per heavy atom. The molecular formula is C17H36N2O2. The minimum absolute atomic E-state index is 0.438. The molecule has 0 radical (unpaired) electrons. The van der Waals surface area contributed by atoms with Gasteiger partial charge in [0.25, 0.3) is 0 Å². The molecule has 0 atom stereocenters. The first kappa shape index (κ1) is 18.9. The molecule has 4 heteroatoms. The molecule has 0 aromatic rings. The number of nitrogens with zero attached hydrogens (tertiary/aromatic N) is 1. The van der Waals surface area contributed by atoms with Gasteiger partial charge in [-0.25, -0.2) is 0 Å². The highest BCUT2D eigenvalue weighted by Gasteiger charge is 2.32. The zero-order valence-electron chi connectivity index (χ0n) is 14.5. The average Bonchev–Trinajstić information content (AvgIpc) is 2.74. The Bertz CT molecular complexity index is 233. The normalized spacial score (nSPS) is 18.9. The molecule has 1 saturated carbocycles. The molecule has 1 aliphatic carbocycles. The van der Waals surface area contributed by atoms with Crippen molar-refractivity contribution >= 4 is 0 Å². The van der Waals surface area contributed by atoms with Crippen molar-refractivity contribution in [1.82, 2.24) is 10.2 Å². The van der Waals surface area contributed by atoms with Crippen LogP contribution in [0.25, 0.3) is 0 Å². The van der Waals surface area contributed by atoms with Gasteiger partial charge in [0.1, 0.15) is 0 Å². The molecular weight excluding hydrogens is 264 g/mol. The van der Waals surface area contributed by atoms with Gasteiger partial charge in [0.15, 0.2) is 0 Å². The highest BCUT2D eigenvalue weighted by molar-refractivity contribution is 4.87. The number of hydrogen-bond donors (Lipinski definition) is 1. The minimum Gasteiger partial charge on any atom is -0.383 e. The third kappa shape index (κ3) is 7.59. The van der Waals surface area contributed by atoms with E-state index in [4.69, 9.17) is 9.47 Å². The van der Waals surface area contributed by atoms with E-state index in [-0.39, 0.29) is 0 Å². The maximum atomic E-state index is 5.28. The maximum Gasteiger partial charge on any atom is 0.0589 e. The summed E-state index contributed by atoms with van der Waals surface area (Å²) < 4.78 is 10.6. The van der Waals surface area contributed by atoms with Crippen molar-refractivity contribution in [2.45, 2.75) is 45.4 Å². The lowest BCUT2D eigenvalue weighted by atomic mass is 9.79. The van der Waals surface area contributed by atoms with Gasteiger partial charge < -0.3 is 14.8 Å². The second-order valence-corrected chi connectivity index (χ2v) is 6.46. The van der Waals surface area contributed by atoms with E-state index in [0.717, 1.165) is 39.4 Å². The molecule has 4 nitrogen and oxygen atoms in total. The molecule has 1 fully saturated rings. The van der Waals surface area contributed by atoms with Crippen LogP contribution in [0, 0.1) is 5.41 Å². The first-order valence-corrected chi connectivity index (χ1v) is 8.67. The molecule has 1 aliphatic rings. The molecule has 0 amide bonds. The highest BCUT2D eigenvalue weighted by Crippen LogP contribution is 2.35. The van der Waals surface area contributed by atoms with E-state index in [9.17, 15) is 0 Å². The highest BCUT2D eigenvalue weighted by atomic mass is 16.5. The van der Waals surface area contributed by atoms with Gasteiger partial charge in [-0.15, -0.1) is 0 Å². The molecule has 0 aromatic heterocycles. The van der Waals surface area contributed by atoms with E-state index in [1.165, 1.54) is 45.1 Å².